The lowest BCUT2D eigenvalue weighted by molar-refractivity contribution is 0.123. The van der Waals surface area contributed by atoms with Gasteiger partial charge in [0.2, 0.25) is 0 Å². The van der Waals surface area contributed by atoms with Crippen LogP contribution in [-0.2, 0) is 10.2 Å². The Bertz CT molecular complexity index is 799. The maximum atomic E-state index is 13.2. The first-order chi connectivity index (χ1) is 13.2. The molecule has 2 fully saturated rings. The van der Waals surface area contributed by atoms with Crippen LogP contribution in [0, 0.1) is 5.82 Å². The first-order valence-electron chi connectivity index (χ1n) is 9.39. The number of carbonyl (C=O) groups excluding carboxylic acids is 1. The number of ether oxygens (including phenoxy) is 1. The van der Waals surface area contributed by atoms with Crippen molar-refractivity contribution in [3.63, 3.8) is 0 Å². The van der Waals surface area contributed by atoms with Crippen molar-refractivity contribution in [1.29, 1.82) is 0 Å². The number of hydrogen-bond acceptors (Lipinski definition) is 3. The standard InChI is InChI=1S/C21H24FN3O2/c22-17-7-5-16(6-8-17)21(9-10-21)15-23-20(26)24-18-3-1-2-4-19(18)25-11-13-27-14-12-25/h1-8H,9-15H2,(H2,23,24,26). The summed E-state index contributed by atoms with van der Waals surface area (Å²) in [4.78, 5) is 14.7. The Hall–Kier alpha value is -2.60. The van der Waals surface area contributed by atoms with Gasteiger partial charge in [0.05, 0.1) is 24.6 Å². The lowest BCUT2D eigenvalue weighted by Gasteiger charge is -2.30. The number of morpholine rings is 1. The van der Waals surface area contributed by atoms with Crippen molar-refractivity contribution in [1.82, 2.24) is 5.32 Å². The van der Waals surface area contributed by atoms with E-state index in [0.717, 1.165) is 42.9 Å². The van der Waals surface area contributed by atoms with Crippen molar-refractivity contribution in [3.8, 4) is 0 Å². The Balaban J connectivity index is 1.38. The van der Waals surface area contributed by atoms with Crippen molar-refractivity contribution in [2.75, 3.05) is 43.1 Å². The summed E-state index contributed by atoms with van der Waals surface area (Å²) in [6.07, 6.45) is 2.01. The van der Waals surface area contributed by atoms with E-state index in [-0.39, 0.29) is 17.3 Å². The zero-order valence-electron chi connectivity index (χ0n) is 15.2. The van der Waals surface area contributed by atoms with Crippen LogP contribution in [0.15, 0.2) is 48.5 Å². The quantitative estimate of drug-likeness (QED) is 0.848. The minimum atomic E-state index is -0.236. The van der Waals surface area contributed by atoms with Crippen molar-refractivity contribution >= 4 is 17.4 Å². The number of benzene rings is 2. The molecule has 0 bridgehead atoms. The van der Waals surface area contributed by atoms with Gasteiger partial charge in [-0.25, -0.2) is 9.18 Å². The second-order valence-electron chi connectivity index (χ2n) is 7.21. The van der Waals surface area contributed by atoms with E-state index < -0.39 is 0 Å². The smallest absolute Gasteiger partial charge is 0.319 e. The average Bonchev–Trinajstić information content (AvgIpc) is 3.49. The van der Waals surface area contributed by atoms with E-state index in [2.05, 4.69) is 15.5 Å². The second kappa shape index (κ2) is 7.56. The molecule has 0 aromatic heterocycles. The molecule has 2 aromatic rings. The van der Waals surface area contributed by atoms with E-state index in [9.17, 15) is 9.18 Å². The summed E-state index contributed by atoms with van der Waals surface area (Å²) in [5.41, 5.74) is 2.83. The van der Waals surface area contributed by atoms with Gasteiger partial charge in [0, 0.05) is 25.0 Å². The van der Waals surface area contributed by atoms with E-state index in [4.69, 9.17) is 4.74 Å². The van der Waals surface area contributed by atoms with Gasteiger partial charge in [-0.2, -0.15) is 0 Å². The number of hydrogen-bond donors (Lipinski definition) is 2. The highest BCUT2D eigenvalue weighted by Gasteiger charge is 2.44. The molecule has 1 aliphatic heterocycles. The topological polar surface area (TPSA) is 53.6 Å². The van der Waals surface area contributed by atoms with Crippen LogP contribution in [0.25, 0.3) is 0 Å². The Kier molecular flexibility index (Phi) is 4.99. The molecule has 0 atom stereocenters. The van der Waals surface area contributed by atoms with Crippen molar-refractivity contribution < 1.29 is 13.9 Å². The minimum absolute atomic E-state index is 0.0607. The van der Waals surface area contributed by atoms with Gasteiger partial charge < -0.3 is 20.3 Å². The minimum Gasteiger partial charge on any atom is -0.378 e. The third kappa shape index (κ3) is 4.06. The molecule has 6 heteroatoms. The number of halogens is 1. The van der Waals surface area contributed by atoms with Gasteiger partial charge in [-0.15, -0.1) is 0 Å². The maximum absolute atomic E-state index is 13.2. The monoisotopic (exact) mass is 369 g/mol. The third-order valence-corrected chi connectivity index (χ3v) is 5.40. The molecule has 2 amide bonds. The van der Waals surface area contributed by atoms with E-state index in [0.29, 0.717) is 19.8 Å². The lowest BCUT2D eigenvalue weighted by atomic mass is 9.96. The Morgan fingerprint density at radius 2 is 1.78 bits per heavy atom. The highest BCUT2D eigenvalue weighted by Crippen LogP contribution is 2.47. The fraction of sp³-hybridized carbons (Fsp3) is 0.381. The van der Waals surface area contributed by atoms with E-state index in [1.165, 1.54) is 12.1 Å². The molecule has 5 nitrogen and oxygen atoms in total. The summed E-state index contributed by atoms with van der Waals surface area (Å²) in [6, 6.07) is 14.2. The second-order valence-corrected chi connectivity index (χ2v) is 7.21. The zero-order chi connectivity index (χ0) is 18.7. The van der Waals surface area contributed by atoms with Crippen molar-refractivity contribution in [3.05, 3.63) is 59.9 Å². The normalized spacial score (nSPS) is 18.0. The third-order valence-electron chi connectivity index (χ3n) is 5.40. The number of urea groups is 1. The molecule has 0 radical (unpaired) electrons. The zero-order valence-corrected chi connectivity index (χ0v) is 15.2. The molecule has 4 rings (SSSR count). The molecule has 2 aromatic carbocycles. The van der Waals surface area contributed by atoms with Crippen LogP contribution in [0.1, 0.15) is 18.4 Å². The Morgan fingerprint density at radius 1 is 1.07 bits per heavy atom. The van der Waals surface area contributed by atoms with Crippen molar-refractivity contribution in [2.24, 2.45) is 0 Å². The van der Waals surface area contributed by atoms with Gasteiger partial charge in [-0.3, -0.25) is 0 Å². The van der Waals surface area contributed by atoms with Gasteiger partial charge >= 0.3 is 6.03 Å². The fourth-order valence-electron chi connectivity index (χ4n) is 3.60. The molecule has 0 unspecified atom stereocenters. The number of anilines is 2. The number of para-hydroxylation sites is 2. The number of nitrogens with zero attached hydrogens (tertiary/aromatic N) is 1. The SMILES string of the molecule is O=C(NCC1(c2ccc(F)cc2)CC1)Nc1ccccc1N1CCOCC1. The van der Waals surface area contributed by atoms with Gasteiger partial charge in [-0.1, -0.05) is 24.3 Å². The molecule has 0 spiro atoms. The lowest BCUT2D eigenvalue weighted by Crippen LogP contribution is -2.38. The summed E-state index contributed by atoms with van der Waals surface area (Å²) in [7, 11) is 0. The molecule has 1 saturated carbocycles. The highest BCUT2D eigenvalue weighted by atomic mass is 19.1. The predicted molar refractivity (Wildman–Crippen MR) is 104 cm³/mol. The molecule has 1 aliphatic carbocycles. The largest absolute Gasteiger partial charge is 0.378 e. The summed E-state index contributed by atoms with van der Waals surface area (Å²) in [5, 5.41) is 5.97. The summed E-state index contributed by atoms with van der Waals surface area (Å²) < 4.78 is 18.6. The average molecular weight is 369 g/mol. The molecular formula is C21H24FN3O2. The van der Waals surface area contributed by atoms with Crippen LogP contribution in [0.3, 0.4) is 0 Å². The molecule has 2 aliphatic rings. The van der Waals surface area contributed by atoms with Gasteiger partial charge in [-0.05, 0) is 42.7 Å². The van der Waals surface area contributed by atoms with Crippen LogP contribution in [0.2, 0.25) is 0 Å². The van der Waals surface area contributed by atoms with Crippen LogP contribution in [-0.4, -0.2) is 38.9 Å². The number of carbonyl (C=O) groups is 1. The highest BCUT2D eigenvalue weighted by molar-refractivity contribution is 5.93. The van der Waals surface area contributed by atoms with Crippen LogP contribution in [0.4, 0.5) is 20.6 Å². The number of amides is 2. The maximum Gasteiger partial charge on any atom is 0.319 e. The van der Waals surface area contributed by atoms with Crippen LogP contribution >= 0.6 is 0 Å². The number of nitrogens with one attached hydrogen (secondary N) is 2. The fourth-order valence-corrected chi connectivity index (χ4v) is 3.60. The van der Waals surface area contributed by atoms with Crippen LogP contribution in [0.5, 0.6) is 0 Å². The summed E-state index contributed by atoms with van der Waals surface area (Å²) in [6.45, 7) is 3.56. The molecule has 2 N–H and O–H groups in total. The molecule has 27 heavy (non-hydrogen) atoms. The van der Waals surface area contributed by atoms with Gasteiger partial charge in [0.25, 0.3) is 0 Å². The van der Waals surface area contributed by atoms with E-state index >= 15 is 0 Å². The Labute approximate surface area is 158 Å². The van der Waals surface area contributed by atoms with Gasteiger partial charge in [0.15, 0.2) is 0 Å². The summed E-state index contributed by atoms with van der Waals surface area (Å²) >= 11 is 0. The van der Waals surface area contributed by atoms with E-state index in [1.807, 2.05) is 36.4 Å². The Morgan fingerprint density at radius 3 is 2.48 bits per heavy atom. The molecular weight excluding hydrogens is 345 g/mol. The van der Waals surface area contributed by atoms with Gasteiger partial charge in [0.1, 0.15) is 5.82 Å². The predicted octanol–water partition coefficient (Wildman–Crippen LogP) is 3.52. The van der Waals surface area contributed by atoms with E-state index in [1.54, 1.807) is 0 Å². The summed E-state index contributed by atoms with van der Waals surface area (Å²) in [5.74, 6) is -0.236. The molecule has 1 heterocycles. The first-order valence-corrected chi connectivity index (χ1v) is 9.39. The van der Waals surface area contributed by atoms with Crippen LogP contribution < -0.4 is 15.5 Å². The molecule has 142 valence electrons. The molecule has 1 saturated heterocycles. The first kappa shape index (κ1) is 17.8. The van der Waals surface area contributed by atoms with Crippen molar-refractivity contribution in [2.45, 2.75) is 18.3 Å². The number of rotatable bonds is 5.